The number of hydrogen-bond donors (Lipinski definition) is 0. The smallest absolute Gasteiger partial charge is 0.343 e. The first-order chi connectivity index (χ1) is 12.6. The second kappa shape index (κ2) is 8.30. The molecule has 26 heavy (non-hydrogen) atoms. The number of pyridine rings is 1. The molecule has 0 amide bonds. The van der Waals surface area contributed by atoms with E-state index in [2.05, 4.69) is 0 Å². The summed E-state index contributed by atoms with van der Waals surface area (Å²) in [7, 11) is 0. The Morgan fingerprint density at radius 2 is 1.81 bits per heavy atom. The average Bonchev–Trinajstić information content (AvgIpc) is 2.60. The van der Waals surface area contributed by atoms with E-state index in [0.717, 1.165) is 55.3 Å². The number of hydrogen-bond acceptors (Lipinski definition) is 3. The van der Waals surface area contributed by atoms with Crippen LogP contribution in [0.2, 0.25) is 0 Å². The SMILES string of the molecule is CCOC(=O)c1cc2c(n(Cc3ccc(F)cc3)c1=O)CCCCCC2. The largest absolute Gasteiger partial charge is 0.462 e. The minimum atomic E-state index is -0.574. The lowest BCUT2D eigenvalue weighted by Gasteiger charge is -2.21. The van der Waals surface area contributed by atoms with Gasteiger partial charge in [0.05, 0.1) is 13.2 Å². The number of fused-ring (bicyclic) bond motifs is 1. The van der Waals surface area contributed by atoms with E-state index >= 15 is 0 Å². The average molecular weight is 357 g/mol. The van der Waals surface area contributed by atoms with E-state index in [1.54, 1.807) is 29.7 Å². The molecule has 0 radical (unpaired) electrons. The third kappa shape index (κ3) is 4.03. The molecule has 0 fully saturated rings. The Balaban J connectivity index is 2.10. The number of aromatic nitrogens is 1. The van der Waals surface area contributed by atoms with E-state index in [1.807, 2.05) is 0 Å². The first-order valence-electron chi connectivity index (χ1n) is 9.27. The lowest BCUT2D eigenvalue weighted by molar-refractivity contribution is 0.0523. The molecular formula is C21H24FNO3. The van der Waals surface area contributed by atoms with Crippen molar-refractivity contribution in [1.82, 2.24) is 4.57 Å². The fourth-order valence-electron chi connectivity index (χ4n) is 3.53. The van der Waals surface area contributed by atoms with Crippen LogP contribution in [0.15, 0.2) is 35.1 Å². The Hall–Kier alpha value is -2.43. The molecule has 2 aromatic rings. The zero-order valence-electron chi connectivity index (χ0n) is 15.1. The molecule has 0 unspecified atom stereocenters. The van der Waals surface area contributed by atoms with Gasteiger partial charge in [0, 0.05) is 5.69 Å². The number of rotatable bonds is 4. The van der Waals surface area contributed by atoms with Gasteiger partial charge in [-0.1, -0.05) is 25.0 Å². The maximum absolute atomic E-state index is 13.2. The number of halogens is 1. The van der Waals surface area contributed by atoms with Crippen LogP contribution in [-0.4, -0.2) is 17.1 Å². The Bertz CT molecular complexity index is 840. The maximum atomic E-state index is 13.2. The molecular weight excluding hydrogens is 333 g/mol. The van der Waals surface area contributed by atoms with Crippen LogP contribution >= 0.6 is 0 Å². The molecule has 3 rings (SSSR count). The summed E-state index contributed by atoms with van der Waals surface area (Å²) in [5.74, 6) is -0.882. The van der Waals surface area contributed by atoms with Crippen molar-refractivity contribution in [3.05, 3.63) is 68.9 Å². The van der Waals surface area contributed by atoms with Crippen LogP contribution in [0.25, 0.3) is 0 Å². The molecule has 1 aromatic carbocycles. The lowest BCUT2D eigenvalue weighted by Crippen LogP contribution is -2.32. The summed E-state index contributed by atoms with van der Waals surface area (Å²) in [6.45, 7) is 2.28. The Morgan fingerprint density at radius 1 is 1.12 bits per heavy atom. The van der Waals surface area contributed by atoms with Crippen LogP contribution in [-0.2, 0) is 24.1 Å². The van der Waals surface area contributed by atoms with Crippen molar-refractivity contribution in [2.75, 3.05) is 6.61 Å². The first kappa shape index (κ1) is 18.4. The summed E-state index contributed by atoms with van der Waals surface area (Å²) >= 11 is 0. The number of benzene rings is 1. The quantitative estimate of drug-likeness (QED) is 0.781. The van der Waals surface area contributed by atoms with Gasteiger partial charge in [0.2, 0.25) is 0 Å². The van der Waals surface area contributed by atoms with E-state index < -0.39 is 5.97 Å². The van der Waals surface area contributed by atoms with Crippen molar-refractivity contribution in [3.63, 3.8) is 0 Å². The Labute approximate surface area is 152 Å². The van der Waals surface area contributed by atoms with Gasteiger partial charge < -0.3 is 9.30 Å². The monoisotopic (exact) mass is 357 g/mol. The summed E-state index contributed by atoms with van der Waals surface area (Å²) in [6.07, 6.45) is 6.04. The summed E-state index contributed by atoms with van der Waals surface area (Å²) < 4.78 is 20.0. The highest BCUT2D eigenvalue weighted by molar-refractivity contribution is 5.89. The molecule has 0 spiro atoms. The predicted octanol–water partition coefficient (Wildman–Crippen LogP) is 3.87. The van der Waals surface area contributed by atoms with Gasteiger partial charge in [-0.3, -0.25) is 4.79 Å². The summed E-state index contributed by atoms with van der Waals surface area (Å²) in [6, 6.07) is 7.85. The topological polar surface area (TPSA) is 48.3 Å². The molecule has 5 heteroatoms. The van der Waals surface area contributed by atoms with Crippen LogP contribution in [0.1, 0.15) is 59.8 Å². The van der Waals surface area contributed by atoms with Crippen molar-refractivity contribution >= 4 is 5.97 Å². The highest BCUT2D eigenvalue weighted by Crippen LogP contribution is 2.21. The van der Waals surface area contributed by atoms with Gasteiger partial charge in [0.1, 0.15) is 11.4 Å². The van der Waals surface area contributed by atoms with Gasteiger partial charge in [-0.15, -0.1) is 0 Å². The number of carbonyl (C=O) groups is 1. The van der Waals surface area contributed by atoms with Crippen molar-refractivity contribution in [2.24, 2.45) is 0 Å². The zero-order chi connectivity index (χ0) is 18.5. The minimum Gasteiger partial charge on any atom is -0.462 e. The van der Waals surface area contributed by atoms with E-state index in [4.69, 9.17) is 4.74 Å². The van der Waals surface area contributed by atoms with Crippen molar-refractivity contribution < 1.29 is 13.9 Å². The molecule has 138 valence electrons. The van der Waals surface area contributed by atoms with Crippen LogP contribution in [0.3, 0.4) is 0 Å². The van der Waals surface area contributed by atoms with Gasteiger partial charge in [-0.2, -0.15) is 0 Å². The number of ether oxygens (including phenoxy) is 1. The third-order valence-corrected chi connectivity index (χ3v) is 4.85. The molecule has 0 atom stereocenters. The van der Waals surface area contributed by atoms with Crippen LogP contribution in [0, 0.1) is 5.82 Å². The molecule has 0 saturated heterocycles. The highest BCUT2D eigenvalue weighted by Gasteiger charge is 2.21. The van der Waals surface area contributed by atoms with Crippen molar-refractivity contribution in [2.45, 2.75) is 52.0 Å². The van der Waals surface area contributed by atoms with Crippen molar-refractivity contribution in [1.29, 1.82) is 0 Å². The van der Waals surface area contributed by atoms with Gasteiger partial charge in [-0.05, 0) is 61.9 Å². The molecule has 1 aliphatic rings. The number of carbonyl (C=O) groups excluding carboxylic acids is 1. The van der Waals surface area contributed by atoms with Crippen LogP contribution in [0.4, 0.5) is 4.39 Å². The second-order valence-corrected chi connectivity index (χ2v) is 6.68. The molecule has 1 aliphatic carbocycles. The lowest BCUT2D eigenvalue weighted by atomic mass is 9.95. The number of nitrogens with zero attached hydrogens (tertiary/aromatic N) is 1. The molecule has 4 nitrogen and oxygen atoms in total. The Morgan fingerprint density at radius 3 is 2.50 bits per heavy atom. The molecule has 0 saturated carbocycles. The Kier molecular flexibility index (Phi) is 5.86. The molecule has 1 heterocycles. The fourth-order valence-corrected chi connectivity index (χ4v) is 3.53. The van der Waals surface area contributed by atoms with E-state index in [0.29, 0.717) is 6.54 Å². The standard InChI is InChI=1S/C21H24FNO3/c1-2-26-21(25)18-13-16-7-5-3-4-6-8-19(16)23(20(18)24)14-15-9-11-17(22)12-10-15/h9-13H,2-8,14H2,1H3. The summed E-state index contributed by atoms with van der Waals surface area (Å²) in [5.41, 5.74) is 2.64. The van der Waals surface area contributed by atoms with E-state index in [1.165, 1.54) is 12.1 Å². The predicted molar refractivity (Wildman–Crippen MR) is 98.0 cm³/mol. The van der Waals surface area contributed by atoms with E-state index in [-0.39, 0.29) is 23.5 Å². The van der Waals surface area contributed by atoms with Crippen molar-refractivity contribution in [3.8, 4) is 0 Å². The zero-order valence-corrected chi connectivity index (χ0v) is 15.1. The molecule has 0 N–H and O–H groups in total. The highest BCUT2D eigenvalue weighted by atomic mass is 19.1. The van der Waals surface area contributed by atoms with Gasteiger partial charge in [0.15, 0.2) is 0 Å². The van der Waals surface area contributed by atoms with Gasteiger partial charge in [0.25, 0.3) is 5.56 Å². The van der Waals surface area contributed by atoms with Crippen LogP contribution < -0.4 is 5.56 Å². The molecule has 1 aromatic heterocycles. The summed E-state index contributed by atoms with van der Waals surface area (Å²) in [5, 5.41) is 0. The maximum Gasteiger partial charge on any atom is 0.343 e. The second-order valence-electron chi connectivity index (χ2n) is 6.68. The van der Waals surface area contributed by atoms with E-state index in [9.17, 15) is 14.0 Å². The number of esters is 1. The van der Waals surface area contributed by atoms with Gasteiger partial charge in [-0.25, -0.2) is 9.18 Å². The van der Waals surface area contributed by atoms with Gasteiger partial charge >= 0.3 is 5.97 Å². The molecule has 0 aliphatic heterocycles. The van der Waals surface area contributed by atoms with Crippen LogP contribution in [0.5, 0.6) is 0 Å². The fraction of sp³-hybridized carbons (Fsp3) is 0.429. The number of aryl methyl sites for hydroxylation is 1. The minimum absolute atomic E-state index is 0.0910. The summed E-state index contributed by atoms with van der Waals surface area (Å²) in [4.78, 5) is 25.3. The molecule has 0 bridgehead atoms. The third-order valence-electron chi connectivity index (χ3n) is 4.85. The normalized spacial score (nSPS) is 14.2. The first-order valence-corrected chi connectivity index (χ1v) is 9.27.